The zero-order chi connectivity index (χ0) is 22.8. The molecular weight excluding hydrogens is 410 g/mol. The number of likely N-dealkylation sites (tertiary alicyclic amines) is 1. The highest BCUT2D eigenvalue weighted by Gasteiger charge is 2.27. The number of nitrogens with zero attached hydrogens (tertiary/aromatic N) is 1. The first-order valence-electron chi connectivity index (χ1n) is 10.8. The third kappa shape index (κ3) is 7.30. The van der Waals surface area contributed by atoms with Crippen LogP contribution in [0.5, 0.6) is 11.5 Å². The van der Waals surface area contributed by atoms with E-state index in [1.807, 2.05) is 30.3 Å². The van der Waals surface area contributed by atoms with Crippen LogP contribution in [0.15, 0.2) is 54.6 Å². The summed E-state index contributed by atoms with van der Waals surface area (Å²) in [7, 11) is 0. The lowest BCUT2D eigenvalue weighted by Crippen LogP contribution is -2.41. The fourth-order valence-corrected chi connectivity index (χ4v) is 3.47. The van der Waals surface area contributed by atoms with E-state index in [-0.39, 0.29) is 30.8 Å². The summed E-state index contributed by atoms with van der Waals surface area (Å²) in [5.74, 6) is 0.806. The number of anilines is 1. The number of rotatable bonds is 10. The van der Waals surface area contributed by atoms with Crippen molar-refractivity contribution in [3.63, 3.8) is 0 Å². The number of amides is 3. The maximum atomic E-state index is 12.6. The Hall–Kier alpha value is -3.55. The molecule has 1 aliphatic rings. The van der Waals surface area contributed by atoms with Crippen LogP contribution in [0.1, 0.15) is 25.7 Å². The molecule has 3 rings (SSSR count). The van der Waals surface area contributed by atoms with Gasteiger partial charge in [-0.05, 0) is 49.2 Å². The predicted molar refractivity (Wildman–Crippen MR) is 120 cm³/mol. The van der Waals surface area contributed by atoms with Gasteiger partial charge in [-0.25, -0.2) is 0 Å². The fraction of sp³-hybridized carbons (Fsp3) is 0.375. The normalized spacial score (nSPS) is 13.9. The van der Waals surface area contributed by atoms with Crippen molar-refractivity contribution in [3.8, 4) is 11.5 Å². The summed E-state index contributed by atoms with van der Waals surface area (Å²) < 4.78 is 11.0. The van der Waals surface area contributed by atoms with E-state index < -0.39 is 5.91 Å². The average Bonchev–Trinajstić information content (AvgIpc) is 2.81. The van der Waals surface area contributed by atoms with Gasteiger partial charge >= 0.3 is 0 Å². The van der Waals surface area contributed by atoms with Gasteiger partial charge in [0.15, 0.2) is 0 Å². The van der Waals surface area contributed by atoms with Gasteiger partial charge in [-0.15, -0.1) is 0 Å². The molecule has 2 aromatic carbocycles. The highest BCUT2D eigenvalue weighted by atomic mass is 16.5. The molecule has 3 N–H and O–H groups in total. The van der Waals surface area contributed by atoms with Gasteiger partial charge < -0.3 is 25.4 Å². The smallest absolute Gasteiger partial charge is 0.227 e. The van der Waals surface area contributed by atoms with E-state index in [1.165, 1.54) is 0 Å². The van der Waals surface area contributed by atoms with Gasteiger partial charge in [-0.1, -0.05) is 18.2 Å². The van der Waals surface area contributed by atoms with Crippen molar-refractivity contribution in [1.29, 1.82) is 0 Å². The molecular formula is C24H29N3O5. The molecule has 3 amide bonds. The summed E-state index contributed by atoms with van der Waals surface area (Å²) in [6.07, 6.45) is 1.73. The molecule has 1 aliphatic heterocycles. The van der Waals surface area contributed by atoms with Gasteiger partial charge in [0.1, 0.15) is 11.5 Å². The van der Waals surface area contributed by atoms with Crippen molar-refractivity contribution >= 4 is 23.4 Å². The van der Waals surface area contributed by atoms with Crippen LogP contribution < -0.4 is 20.5 Å². The van der Waals surface area contributed by atoms with Crippen LogP contribution in [0.3, 0.4) is 0 Å². The number of hydrogen-bond donors (Lipinski definition) is 2. The predicted octanol–water partition coefficient (Wildman–Crippen LogP) is 2.59. The van der Waals surface area contributed by atoms with Gasteiger partial charge in [0.2, 0.25) is 17.7 Å². The zero-order valence-electron chi connectivity index (χ0n) is 18.0. The summed E-state index contributed by atoms with van der Waals surface area (Å²) in [5.41, 5.74) is 5.76. The van der Waals surface area contributed by atoms with Crippen molar-refractivity contribution in [3.05, 3.63) is 54.6 Å². The minimum Gasteiger partial charge on any atom is -0.493 e. The molecule has 2 aromatic rings. The molecule has 32 heavy (non-hydrogen) atoms. The average molecular weight is 440 g/mol. The van der Waals surface area contributed by atoms with Gasteiger partial charge in [0, 0.05) is 24.7 Å². The molecule has 0 aromatic heterocycles. The second-order valence-corrected chi connectivity index (χ2v) is 7.64. The number of nitrogens with two attached hydrogens (primary N) is 1. The van der Waals surface area contributed by atoms with E-state index in [1.54, 1.807) is 29.2 Å². The van der Waals surface area contributed by atoms with Crippen LogP contribution in [0.25, 0.3) is 0 Å². The molecule has 0 atom stereocenters. The van der Waals surface area contributed by atoms with Gasteiger partial charge in [0.05, 0.1) is 26.1 Å². The Morgan fingerprint density at radius 2 is 1.47 bits per heavy atom. The summed E-state index contributed by atoms with van der Waals surface area (Å²) in [6.45, 7) is 1.69. The summed E-state index contributed by atoms with van der Waals surface area (Å²) in [5, 5.41) is 2.92. The minimum atomic E-state index is -0.415. The molecule has 0 radical (unpaired) electrons. The number of carbonyl (C=O) groups is 3. The van der Waals surface area contributed by atoms with E-state index in [2.05, 4.69) is 5.32 Å². The largest absolute Gasteiger partial charge is 0.493 e. The summed E-state index contributed by atoms with van der Waals surface area (Å²) >= 11 is 0. The Balaban J connectivity index is 1.36. The molecule has 0 saturated carbocycles. The van der Waals surface area contributed by atoms with E-state index in [9.17, 15) is 14.4 Å². The third-order valence-corrected chi connectivity index (χ3v) is 5.29. The number of carbonyl (C=O) groups excluding carboxylic acids is 3. The zero-order valence-corrected chi connectivity index (χ0v) is 18.0. The van der Waals surface area contributed by atoms with Crippen LogP contribution in [-0.2, 0) is 14.4 Å². The first-order chi connectivity index (χ1) is 15.5. The molecule has 1 saturated heterocycles. The van der Waals surface area contributed by atoms with Crippen LogP contribution in [-0.4, -0.2) is 48.9 Å². The van der Waals surface area contributed by atoms with Crippen molar-refractivity contribution in [2.75, 3.05) is 31.6 Å². The molecule has 1 fully saturated rings. The summed E-state index contributed by atoms with van der Waals surface area (Å²) in [6, 6.07) is 16.4. The molecule has 8 heteroatoms. The van der Waals surface area contributed by atoms with Crippen LogP contribution in [0.4, 0.5) is 5.69 Å². The lowest BCUT2D eigenvalue weighted by Gasteiger charge is -2.31. The van der Waals surface area contributed by atoms with Crippen molar-refractivity contribution < 1.29 is 23.9 Å². The Morgan fingerprint density at radius 1 is 0.875 bits per heavy atom. The van der Waals surface area contributed by atoms with Crippen molar-refractivity contribution in [1.82, 2.24) is 4.90 Å². The Kier molecular flexibility index (Phi) is 8.48. The number of piperidine rings is 1. The molecule has 0 spiro atoms. The Morgan fingerprint density at radius 3 is 2.09 bits per heavy atom. The van der Waals surface area contributed by atoms with Crippen LogP contribution in [0, 0.1) is 5.92 Å². The van der Waals surface area contributed by atoms with Gasteiger partial charge in [0.25, 0.3) is 0 Å². The van der Waals surface area contributed by atoms with Crippen LogP contribution in [0.2, 0.25) is 0 Å². The number of hydrogen-bond acceptors (Lipinski definition) is 5. The Labute approximate surface area is 187 Å². The number of primary amides is 1. The lowest BCUT2D eigenvalue weighted by atomic mass is 9.95. The SMILES string of the molecule is NC(=O)CCOc1ccc(NC(=O)C2CCN(C(=O)CCOc3ccccc3)CC2)cc1. The Bertz CT molecular complexity index is 894. The van der Waals surface area contributed by atoms with E-state index in [0.717, 1.165) is 5.75 Å². The summed E-state index contributed by atoms with van der Waals surface area (Å²) in [4.78, 5) is 37.5. The number of benzene rings is 2. The topological polar surface area (TPSA) is 111 Å². The van der Waals surface area contributed by atoms with Crippen molar-refractivity contribution in [2.45, 2.75) is 25.7 Å². The lowest BCUT2D eigenvalue weighted by molar-refractivity contribution is -0.135. The molecule has 0 unspecified atom stereocenters. The van der Waals surface area contributed by atoms with E-state index in [0.29, 0.717) is 50.4 Å². The second kappa shape index (κ2) is 11.7. The first-order valence-corrected chi connectivity index (χ1v) is 10.8. The first kappa shape index (κ1) is 23.1. The van der Waals surface area contributed by atoms with Crippen LogP contribution >= 0.6 is 0 Å². The number of ether oxygens (including phenoxy) is 2. The maximum absolute atomic E-state index is 12.6. The molecule has 8 nitrogen and oxygen atoms in total. The number of nitrogens with one attached hydrogen (secondary N) is 1. The second-order valence-electron chi connectivity index (χ2n) is 7.64. The highest BCUT2D eigenvalue weighted by molar-refractivity contribution is 5.92. The fourth-order valence-electron chi connectivity index (χ4n) is 3.47. The van der Waals surface area contributed by atoms with Crippen molar-refractivity contribution in [2.24, 2.45) is 11.7 Å². The third-order valence-electron chi connectivity index (χ3n) is 5.29. The van der Waals surface area contributed by atoms with Gasteiger partial charge in [-0.3, -0.25) is 14.4 Å². The number of para-hydroxylation sites is 1. The maximum Gasteiger partial charge on any atom is 0.227 e. The molecule has 170 valence electrons. The van der Waals surface area contributed by atoms with Gasteiger partial charge in [-0.2, -0.15) is 0 Å². The minimum absolute atomic E-state index is 0.0479. The molecule has 0 bridgehead atoms. The van der Waals surface area contributed by atoms with E-state index >= 15 is 0 Å². The monoisotopic (exact) mass is 439 g/mol. The molecule has 0 aliphatic carbocycles. The standard InChI is InChI=1S/C24H29N3O5/c25-22(28)12-16-31-21-8-6-19(7-9-21)26-24(30)18-10-14-27(15-11-18)23(29)13-17-32-20-4-2-1-3-5-20/h1-9,18H,10-17H2,(H2,25,28)(H,26,30). The quantitative estimate of drug-likeness (QED) is 0.591. The highest BCUT2D eigenvalue weighted by Crippen LogP contribution is 2.22. The van der Waals surface area contributed by atoms with E-state index in [4.69, 9.17) is 15.2 Å². The molecule has 1 heterocycles.